The monoisotopic (exact) mass is 316 g/mol. The highest BCUT2D eigenvalue weighted by molar-refractivity contribution is 5.40. The van der Waals surface area contributed by atoms with Crippen molar-refractivity contribution in [1.29, 1.82) is 0 Å². The Morgan fingerprint density at radius 3 is 2.61 bits per heavy atom. The molecule has 3 heteroatoms. The second-order valence-corrected chi connectivity index (χ2v) is 7.95. The van der Waals surface area contributed by atoms with Crippen LogP contribution in [0.5, 0.6) is 5.75 Å². The molecule has 3 aliphatic carbocycles. The summed E-state index contributed by atoms with van der Waals surface area (Å²) in [6.45, 7) is 2.39. The molecule has 1 aromatic carbocycles. The third-order valence-corrected chi connectivity index (χ3v) is 7.41. The molecule has 0 radical (unpaired) electrons. The number of rotatable bonds is 2. The highest BCUT2D eigenvalue weighted by Crippen LogP contribution is 2.65. The Kier molecular flexibility index (Phi) is 3.51. The van der Waals surface area contributed by atoms with E-state index in [2.05, 4.69) is 13.0 Å². The number of phenolic OH excluding ortho intramolecular Hbond substituents is 1. The Bertz CT molecular complexity index is 607. The van der Waals surface area contributed by atoms with Crippen LogP contribution in [0.1, 0.15) is 56.1 Å². The molecule has 4 rings (SSSR count). The lowest BCUT2D eigenvalue weighted by molar-refractivity contribution is -0.274. The van der Waals surface area contributed by atoms with Gasteiger partial charge in [-0.2, -0.15) is 0 Å². The molecule has 3 aliphatic rings. The minimum Gasteiger partial charge on any atom is -0.508 e. The largest absolute Gasteiger partial charge is 0.508 e. The van der Waals surface area contributed by atoms with Crippen molar-refractivity contribution in [2.45, 2.75) is 57.2 Å². The molecule has 23 heavy (non-hydrogen) atoms. The fourth-order valence-corrected chi connectivity index (χ4v) is 6.28. The fourth-order valence-electron chi connectivity index (χ4n) is 6.28. The molecule has 0 aromatic heterocycles. The van der Waals surface area contributed by atoms with Gasteiger partial charge in [0.2, 0.25) is 0 Å². The molecule has 2 saturated carbocycles. The van der Waals surface area contributed by atoms with Gasteiger partial charge in [-0.15, -0.1) is 0 Å². The molecule has 0 heterocycles. The van der Waals surface area contributed by atoms with Crippen LogP contribution in [0.2, 0.25) is 0 Å². The van der Waals surface area contributed by atoms with Crippen molar-refractivity contribution in [2.75, 3.05) is 14.2 Å². The average Bonchev–Trinajstić information content (AvgIpc) is 2.87. The predicted octanol–water partition coefficient (Wildman–Crippen LogP) is 4.24. The van der Waals surface area contributed by atoms with Crippen molar-refractivity contribution in [2.24, 2.45) is 17.3 Å². The molecule has 1 aromatic rings. The zero-order valence-electron chi connectivity index (χ0n) is 14.5. The van der Waals surface area contributed by atoms with Crippen LogP contribution in [-0.2, 0) is 15.9 Å². The first-order valence-corrected chi connectivity index (χ1v) is 8.97. The maximum Gasteiger partial charge on any atom is 0.173 e. The third kappa shape index (κ3) is 1.96. The molecule has 126 valence electrons. The third-order valence-electron chi connectivity index (χ3n) is 7.41. The van der Waals surface area contributed by atoms with Crippen molar-refractivity contribution in [3.05, 3.63) is 29.3 Å². The summed E-state index contributed by atoms with van der Waals surface area (Å²) >= 11 is 0. The van der Waals surface area contributed by atoms with Crippen molar-refractivity contribution in [3.63, 3.8) is 0 Å². The smallest absolute Gasteiger partial charge is 0.173 e. The highest BCUT2D eigenvalue weighted by Gasteiger charge is 2.63. The number of ether oxygens (including phenoxy) is 2. The van der Waals surface area contributed by atoms with E-state index in [4.69, 9.17) is 9.47 Å². The second kappa shape index (κ2) is 5.22. The first-order chi connectivity index (χ1) is 11.0. The van der Waals surface area contributed by atoms with Crippen LogP contribution in [0, 0.1) is 17.3 Å². The average molecular weight is 316 g/mol. The van der Waals surface area contributed by atoms with Gasteiger partial charge in [0.25, 0.3) is 0 Å². The molecule has 0 amide bonds. The normalized spacial score (nSPS) is 37.8. The van der Waals surface area contributed by atoms with E-state index in [0.717, 1.165) is 25.2 Å². The van der Waals surface area contributed by atoms with Crippen molar-refractivity contribution in [1.82, 2.24) is 0 Å². The first-order valence-electron chi connectivity index (χ1n) is 8.97. The number of aryl methyl sites for hydroxylation is 1. The molecule has 1 N–H and O–H groups in total. The van der Waals surface area contributed by atoms with E-state index >= 15 is 0 Å². The number of benzene rings is 1. The summed E-state index contributed by atoms with van der Waals surface area (Å²) in [5.74, 6) is 2.03. The molecule has 0 aliphatic heterocycles. The summed E-state index contributed by atoms with van der Waals surface area (Å²) in [5, 5.41) is 9.77. The van der Waals surface area contributed by atoms with Gasteiger partial charge in [-0.3, -0.25) is 0 Å². The van der Waals surface area contributed by atoms with E-state index in [0.29, 0.717) is 17.6 Å². The lowest BCUT2D eigenvalue weighted by Gasteiger charge is -2.53. The Balaban J connectivity index is 1.70. The van der Waals surface area contributed by atoms with Crippen LogP contribution in [0.3, 0.4) is 0 Å². The summed E-state index contributed by atoms with van der Waals surface area (Å²) in [7, 11) is 3.62. The lowest BCUT2D eigenvalue weighted by Crippen LogP contribution is -2.52. The van der Waals surface area contributed by atoms with Gasteiger partial charge >= 0.3 is 0 Å². The number of phenols is 1. The fraction of sp³-hybridized carbons (Fsp3) is 0.700. The van der Waals surface area contributed by atoms with Gasteiger partial charge in [-0.25, -0.2) is 0 Å². The van der Waals surface area contributed by atoms with Crippen molar-refractivity contribution < 1.29 is 14.6 Å². The van der Waals surface area contributed by atoms with Crippen molar-refractivity contribution >= 4 is 0 Å². The van der Waals surface area contributed by atoms with Crippen LogP contribution >= 0.6 is 0 Å². The molecule has 0 bridgehead atoms. The maximum absolute atomic E-state index is 9.77. The highest BCUT2D eigenvalue weighted by atomic mass is 16.7. The Hall–Kier alpha value is -1.06. The van der Waals surface area contributed by atoms with Gasteiger partial charge < -0.3 is 14.6 Å². The second-order valence-electron chi connectivity index (χ2n) is 7.95. The number of hydrogen-bond donors (Lipinski definition) is 1. The maximum atomic E-state index is 9.77. The SMILES string of the molecule is COC1(OC)CCC2[C@H]3CCc4cc(O)ccc4C3CC[C@@]21C. The van der Waals surface area contributed by atoms with Crippen LogP contribution in [0.4, 0.5) is 0 Å². The van der Waals surface area contributed by atoms with E-state index in [1.807, 2.05) is 26.4 Å². The summed E-state index contributed by atoms with van der Waals surface area (Å²) in [5.41, 5.74) is 2.96. The Labute approximate surface area is 139 Å². The van der Waals surface area contributed by atoms with Gasteiger partial charge in [-0.1, -0.05) is 13.0 Å². The minimum absolute atomic E-state index is 0.117. The summed E-state index contributed by atoms with van der Waals surface area (Å²) in [6.07, 6.45) is 6.87. The minimum atomic E-state index is -0.405. The number of fused-ring (bicyclic) bond motifs is 5. The van der Waals surface area contributed by atoms with Crippen LogP contribution in [0.25, 0.3) is 0 Å². The standard InChI is InChI=1S/C20H28O3/c1-19-10-8-16-15-7-5-14(21)12-13(15)4-6-17(16)18(19)9-11-20(19,22-2)23-3/h5,7,12,16-18,21H,4,6,8-11H2,1-3H3/t16?,17-,18?,19-/m0/s1. The zero-order chi connectivity index (χ0) is 16.2. The molecule has 4 atom stereocenters. The topological polar surface area (TPSA) is 38.7 Å². The molecular formula is C20H28O3. The Morgan fingerprint density at radius 2 is 1.87 bits per heavy atom. The van der Waals surface area contributed by atoms with Gasteiger partial charge in [-0.05, 0) is 73.1 Å². The predicted molar refractivity (Wildman–Crippen MR) is 89.5 cm³/mol. The van der Waals surface area contributed by atoms with E-state index < -0.39 is 5.79 Å². The zero-order valence-corrected chi connectivity index (χ0v) is 14.5. The van der Waals surface area contributed by atoms with E-state index in [1.165, 1.54) is 30.4 Å². The van der Waals surface area contributed by atoms with Crippen LogP contribution in [-0.4, -0.2) is 25.1 Å². The molecule has 2 unspecified atom stereocenters. The van der Waals surface area contributed by atoms with Crippen molar-refractivity contribution in [3.8, 4) is 5.75 Å². The quantitative estimate of drug-likeness (QED) is 0.830. The van der Waals surface area contributed by atoms with E-state index in [-0.39, 0.29) is 5.41 Å². The number of methoxy groups -OCH3 is 2. The number of aromatic hydroxyl groups is 1. The van der Waals surface area contributed by atoms with Gasteiger partial charge in [0.1, 0.15) is 5.75 Å². The van der Waals surface area contributed by atoms with Gasteiger partial charge in [0, 0.05) is 26.1 Å². The van der Waals surface area contributed by atoms with Crippen LogP contribution in [0.15, 0.2) is 18.2 Å². The molecule has 0 spiro atoms. The summed E-state index contributed by atoms with van der Waals surface area (Å²) < 4.78 is 11.9. The lowest BCUT2D eigenvalue weighted by atomic mass is 9.55. The number of hydrogen-bond acceptors (Lipinski definition) is 3. The molecular weight excluding hydrogens is 288 g/mol. The molecule has 2 fully saturated rings. The van der Waals surface area contributed by atoms with E-state index in [1.54, 1.807) is 0 Å². The molecule has 0 saturated heterocycles. The summed E-state index contributed by atoms with van der Waals surface area (Å²) in [6, 6.07) is 6.00. The van der Waals surface area contributed by atoms with E-state index in [9.17, 15) is 5.11 Å². The van der Waals surface area contributed by atoms with Gasteiger partial charge in [0.05, 0.1) is 0 Å². The summed E-state index contributed by atoms with van der Waals surface area (Å²) in [4.78, 5) is 0. The van der Waals surface area contributed by atoms with Gasteiger partial charge in [0.15, 0.2) is 5.79 Å². The Morgan fingerprint density at radius 1 is 1.09 bits per heavy atom. The first kappa shape index (κ1) is 15.5. The van der Waals surface area contributed by atoms with Crippen LogP contribution < -0.4 is 0 Å². The molecule has 3 nitrogen and oxygen atoms in total.